The summed E-state index contributed by atoms with van der Waals surface area (Å²) in [4.78, 5) is 11.4. The molecule has 86 valence electrons. The van der Waals surface area contributed by atoms with Gasteiger partial charge in [-0.3, -0.25) is 4.79 Å². The molecule has 0 radical (unpaired) electrons. The van der Waals surface area contributed by atoms with E-state index in [2.05, 4.69) is 18.8 Å². The van der Waals surface area contributed by atoms with E-state index in [-0.39, 0.29) is 5.78 Å². The lowest BCUT2D eigenvalue weighted by molar-refractivity contribution is 0.103. The van der Waals surface area contributed by atoms with Crippen LogP contribution in [0.2, 0.25) is 0 Å². The summed E-state index contributed by atoms with van der Waals surface area (Å²) in [5, 5.41) is 0. The quantitative estimate of drug-likeness (QED) is 0.314. The molecule has 1 aromatic rings. The van der Waals surface area contributed by atoms with Gasteiger partial charge in [-0.05, 0) is 24.5 Å². The highest BCUT2D eigenvalue weighted by atomic mass is 16.3. The lowest BCUT2D eigenvalue weighted by atomic mass is 10.1. The van der Waals surface area contributed by atoms with E-state index in [4.69, 9.17) is 4.42 Å². The molecule has 0 N–H and O–H groups in total. The molecule has 0 aliphatic rings. The van der Waals surface area contributed by atoms with Crippen LogP contribution < -0.4 is 0 Å². The topological polar surface area (TPSA) is 30.2 Å². The summed E-state index contributed by atoms with van der Waals surface area (Å²) in [6.45, 7) is 2.20. The van der Waals surface area contributed by atoms with Gasteiger partial charge in [-0.2, -0.15) is 0 Å². The van der Waals surface area contributed by atoms with Gasteiger partial charge in [-0.15, -0.1) is 0 Å². The van der Waals surface area contributed by atoms with E-state index in [1.165, 1.54) is 31.9 Å². The van der Waals surface area contributed by atoms with E-state index >= 15 is 0 Å². The highest BCUT2D eigenvalue weighted by molar-refractivity contribution is 6.06. The molecule has 0 fully saturated rings. The van der Waals surface area contributed by atoms with Gasteiger partial charge >= 0.3 is 0 Å². The van der Waals surface area contributed by atoms with Crippen molar-refractivity contribution in [2.45, 2.75) is 45.4 Å². The SMILES string of the molecule is CCCCCCCC#CC(=O)c1ccco1. The molecule has 0 atom stereocenters. The van der Waals surface area contributed by atoms with Crippen molar-refractivity contribution in [3.05, 3.63) is 24.2 Å². The predicted molar refractivity (Wildman–Crippen MR) is 64.2 cm³/mol. The van der Waals surface area contributed by atoms with E-state index in [0.717, 1.165) is 12.8 Å². The van der Waals surface area contributed by atoms with Crippen molar-refractivity contribution >= 4 is 5.78 Å². The number of unbranched alkanes of at least 4 members (excludes halogenated alkanes) is 5. The van der Waals surface area contributed by atoms with Crippen molar-refractivity contribution in [1.82, 2.24) is 0 Å². The number of Topliss-reactive ketones (excluding diaryl/α,β-unsaturated/α-hetero) is 1. The zero-order valence-corrected chi connectivity index (χ0v) is 9.79. The summed E-state index contributed by atoms with van der Waals surface area (Å²) in [5.41, 5.74) is 0. The van der Waals surface area contributed by atoms with Crippen LogP contribution in [0.3, 0.4) is 0 Å². The van der Waals surface area contributed by atoms with Crippen molar-refractivity contribution < 1.29 is 9.21 Å². The molecule has 0 aromatic carbocycles. The monoisotopic (exact) mass is 218 g/mol. The van der Waals surface area contributed by atoms with Crippen LogP contribution in [0.25, 0.3) is 0 Å². The first-order valence-electron chi connectivity index (χ1n) is 5.91. The van der Waals surface area contributed by atoms with Crippen LogP contribution in [-0.4, -0.2) is 5.78 Å². The van der Waals surface area contributed by atoms with Gasteiger partial charge < -0.3 is 4.42 Å². The minimum absolute atomic E-state index is 0.224. The van der Waals surface area contributed by atoms with Crippen LogP contribution in [-0.2, 0) is 0 Å². The number of carbonyl (C=O) groups is 1. The van der Waals surface area contributed by atoms with Crippen LogP contribution in [0.1, 0.15) is 56.0 Å². The fourth-order valence-corrected chi connectivity index (χ4v) is 1.43. The van der Waals surface area contributed by atoms with E-state index in [1.54, 1.807) is 12.1 Å². The van der Waals surface area contributed by atoms with Crippen molar-refractivity contribution in [3.8, 4) is 11.8 Å². The molecular weight excluding hydrogens is 200 g/mol. The highest BCUT2D eigenvalue weighted by Gasteiger charge is 2.02. The van der Waals surface area contributed by atoms with Gasteiger partial charge in [0.15, 0.2) is 5.76 Å². The van der Waals surface area contributed by atoms with E-state index in [1.807, 2.05) is 0 Å². The lowest BCUT2D eigenvalue weighted by Crippen LogP contribution is -1.91. The van der Waals surface area contributed by atoms with Crippen LogP contribution >= 0.6 is 0 Å². The fourth-order valence-electron chi connectivity index (χ4n) is 1.43. The molecule has 0 saturated heterocycles. The Balaban J connectivity index is 2.15. The third-order valence-electron chi connectivity index (χ3n) is 2.35. The Morgan fingerprint density at radius 2 is 2.12 bits per heavy atom. The maximum atomic E-state index is 11.4. The van der Waals surface area contributed by atoms with E-state index in [9.17, 15) is 4.79 Å². The smallest absolute Gasteiger partial charge is 0.271 e. The lowest BCUT2D eigenvalue weighted by Gasteiger charge is -1.94. The Labute approximate surface area is 97.0 Å². The standard InChI is InChI=1S/C14H18O2/c1-2-3-4-5-6-7-8-10-13(15)14-11-9-12-16-14/h9,11-12H,2-7H2,1H3. The fraction of sp³-hybridized carbons (Fsp3) is 0.500. The Morgan fingerprint density at radius 1 is 1.31 bits per heavy atom. The van der Waals surface area contributed by atoms with Gasteiger partial charge in [-0.1, -0.05) is 38.5 Å². The molecule has 1 heterocycles. The van der Waals surface area contributed by atoms with Gasteiger partial charge in [0.1, 0.15) is 0 Å². The zero-order chi connectivity index (χ0) is 11.6. The minimum Gasteiger partial charge on any atom is -0.460 e. The summed E-state index contributed by atoms with van der Waals surface area (Å²) in [6.07, 6.45) is 8.39. The zero-order valence-electron chi connectivity index (χ0n) is 9.79. The predicted octanol–water partition coefficient (Wildman–Crippen LogP) is 3.83. The van der Waals surface area contributed by atoms with E-state index < -0.39 is 0 Å². The molecule has 1 rings (SSSR count). The van der Waals surface area contributed by atoms with Crippen molar-refractivity contribution in [2.75, 3.05) is 0 Å². The number of rotatable bonds is 6. The summed E-state index contributed by atoms with van der Waals surface area (Å²) in [6, 6.07) is 3.33. The second-order valence-electron chi connectivity index (χ2n) is 3.77. The number of ketones is 1. The molecule has 0 amide bonds. The first-order chi connectivity index (χ1) is 7.84. The number of hydrogen-bond acceptors (Lipinski definition) is 2. The average molecular weight is 218 g/mol. The molecule has 0 aliphatic carbocycles. The Bertz CT molecular complexity index is 352. The second-order valence-corrected chi connectivity index (χ2v) is 3.77. The van der Waals surface area contributed by atoms with Crippen molar-refractivity contribution in [1.29, 1.82) is 0 Å². The molecule has 2 nitrogen and oxygen atoms in total. The molecule has 0 aliphatic heterocycles. The highest BCUT2D eigenvalue weighted by Crippen LogP contribution is 2.04. The average Bonchev–Trinajstić information content (AvgIpc) is 2.81. The summed E-state index contributed by atoms with van der Waals surface area (Å²) >= 11 is 0. The van der Waals surface area contributed by atoms with Gasteiger partial charge in [0.2, 0.25) is 0 Å². The number of carbonyl (C=O) groups excluding carboxylic acids is 1. The second kappa shape index (κ2) is 7.76. The van der Waals surface area contributed by atoms with Gasteiger partial charge in [-0.25, -0.2) is 0 Å². The van der Waals surface area contributed by atoms with Crippen LogP contribution in [0.5, 0.6) is 0 Å². The molecule has 0 unspecified atom stereocenters. The van der Waals surface area contributed by atoms with Gasteiger partial charge in [0, 0.05) is 6.42 Å². The van der Waals surface area contributed by atoms with Crippen molar-refractivity contribution in [2.24, 2.45) is 0 Å². The maximum Gasteiger partial charge on any atom is 0.271 e. The van der Waals surface area contributed by atoms with Crippen LogP contribution in [0.4, 0.5) is 0 Å². The Hall–Kier alpha value is -1.49. The first-order valence-corrected chi connectivity index (χ1v) is 5.91. The Morgan fingerprint density at radius 3 is 2.81 bits per heavy atom. The minimum atomic E-state index is -0.224. The number of hydrogen-bond donors (Lipinski definition) is 0. The van der Waals surface area contributed by atoms with Crippen LogP contribution in [0.15, 0.2) is 22.8 Å². The van der Waals surface area contributed by atoms with E-state index in [0.29, 0.717) is 5.76 Å². The summed E-state index contributed by atoms with van der Waals surface area (Å²) in [7, 11) is 0. The Kier molecular flexibility index (Phi) is 6.10. The molecule has 0 spiro atoms. The first kappa shape index (κ1) is 12.6. The van der Waals surface area contributed by atoms with Crippen LogP contribution in [0, 0.1) is 11.8 Å². The normalized spacial score (nSPS) is 9.56. The van der Waals surface area contributed by atoms with Gasteiger partial charge in [0.25, 0.3) is 5.78 Å². The molecule has 1 aromatic heterocycles. The van der Waals surface area contributed by atoms with Crippen molar-refractivity contribution in [3.63, 3.8) is 0 Å². The summed E-state index contributed by atoms with van der Waals surface area (Å²) in [5.74, 6) is 5.59. The molecule has 0 bridgehead atoms. The molecule has 2 heteroatoms. The number of furan rings is 1. The third kappa shape index (κ3) is 4.84. The maximum absolute atomic E-state index is 11.4. The third-order valence-corrected chi connectivity index (χ3v) is 2.35. The molecular formula is C14H18O2. The molecule has 0 saturated carbocycles. The summed E-state index contributed by atoms with van der Waals surface area (Å²) < 4.78 is 4.95. The largest absolute Gasteiger partial charge is 0.460 e. The van der Waals surface area contributed by atoms with Gasteiger partial charge in [0.05, 0.1) is 6.26 Å². The molecule has 16 heavy (non-hydrogen) atoms.